The molecular weight excluding hydrogens is 307 g/mol. The smallest absolute Gasteiger partial charge is 0.337 e. The molecule has 1 rings (SSSR count). The van der Waals surface area contributed by atoms with Crippen LogP contribution in [-0.2, 0) is 16.5 Å². The van der Waals surface area contributed by atoms with Gasteiger partial charge in [-0.2, -0.15) is 0 Å². The highest BCUT2D eigenvalue weighted by Gasteiger charge is 2.16. The third kappa shape index (κ3) is 3.98. The van der Waals surface area contributed by atoms with Crippen molar-refractivity contribution in [1.29, 1.82) is 0 Å². The van der Waals surface area contributed by atoms with Gasteiger partial charge in [0, 0.05) is 11.2 Å². The van der Waals surface area contributed by atoms with Crippen LogP contribution >= 0.6 is 27.5 Å². The molecule has 0 fully saturated rings. The van der Waals surface area contributed by atoms with Gasteiger partial charge in [0.15, 0.2) is 6.10 Å². The minimum atomic E-state index is -1.46. The molecule has 17 heavy (non-hydrogen) atoms. The monoisotopic (exact) mass is 320 g/mol. The molecular formula is C12H14BrClO3. The molecule has 0 aromatic heterocycles. The minimum Gasteiger partial charge on any atom is -0.479 e. The zero-order valence-electron chi connectivity index (χ0n) is 9.20. The maximum absolute atomic E-state index is 10.7. The van der Waals surface area contributed by atoms with E-state index in [0.29, 0.717) is 16.8 Å². The highest BCUT2D eigenvalue weighted by atomic mass is 79.9. The Bertz CT molecular complexity index is 395. The second-order valence-electron chi connectivity index (χ2n) is 3.70. The zero-order chi connectivity index (χ0) is 12.8. The molecule has 94 valence electrons. The number of aryl methyl sites for hydroxylation is 1. The fourth-order valence-corrected chi connectivity index (χ4v) is 2.24. The van der Waals surface area contributed by atoms with Gasteiger partial charge in [-0.1, -0.05) is 34.1 Å². The maximum Gasteiger partial charge on any atom is 0.337 e. The van der Waals surface area contributed by atoms with Crippen LogP contribution in [-0.4, -0.2) is 22.1 Å². The van der Waals surface area contributed by atoms with Crippen molar-refractivity contribution in [3.05, 3.63) is 34.9 Å². The lowest BCUT2D eigenvalue weighted by atomic mass is 9.99. The van der Waals surface area contributed by atoms with Crippen LogP contribution in [0.1, 0.15) is 29.2 Å². The first-order chi connectivity index (χ1) is 8.10. The van der Waals surface area contributed by atoms with Gasteiger partial charge >= 0.3 is 5.97 Å². The number of hydrogen-bond donors (Lipinski definition) is 2. The van der Waals surface area contributed by atoms with Gasteiger partial charge in [0.1, 0.15) is 0 Å². The molecule has 1 unspecified atom stereocenters. The minimum absolute atomic E-state index is 0.404. The van der Waals surface area contributed by atoms with Crippen molar-refractivity contribution in [1.82, 2.24) is 0 Å². The first kappa shape index (κ1) is 14.5. The summed E-state index contributed by atoms with van der Waals surface area (Å²) in [6.45, 7) is 0. The van der Waals surface area contributed by atoms with Crippen LogP contribution in [0.4, 0.5) is 0 Å². The van der Waals surface area contributed by atoms with E-state index in [1.165, 1.54) is 0 Å². The molecule has 3 nitrogen and oxygen atoms in total. The molecule has 1 aromatic carbocycles. The summed E-state index contributed by atoms with van der Waals surface area (Å²) in [6, 6.07) is 5.22. The van der Waals surface area contributed by atoms with Crippen LogP contribution in [0.2, 0.25) is 0 Å². The number of rotatable bonds is 6. The Morgan fingerprint density at radius 1 is 1.41 bits per heavy atom. The third-order valence-electron chi connectivity index (χ3n) is 2.50. The maximum atomic E-state index is 10.7. The number of carboxylic acids is 1. The van der Waals surface area contributed by atoms with Gasteiger partial charge < -0.3 is 10.2 Å². The van der Waals surface area contributed by atoms with E-state index in [0.717, 1.165) is 24.0 Å². The number of hydrogen-bond acceptors (Lipinski definition) is 2. The van der Waals surface area contributed by atoms with Gasteiger partial charge in [0.2, 0.25) is 0 Å². The summed E-state index contributed by atoms with van der Waals surface area (Å²) in [4.78, 5) is 10.7. The molecule has 0 bridgehead atoms. The molecule has 1 aromatic rings. The van der Waals surface area contributed by atoms with Gasteiger partial charge in [0.05, 0.1) is 0 Å². The fourth-order valence-electron chi connectivity index (χ4n) is 1.58. The molecule has 0 aliphatic heterocycles. The Labute approximate surface area is 114 Å². The van der Waals surface area contributed by atoms with Crippen molar-refractivity contribution in [3.8, 4) is 0 Å². The SMILES string of the molecule is O=C(O)C(O)c1ccc(CCCCl)c(CBr)c1. The van der Waals surface area contributed by atoms with Crippen molar-refractivity contribution in [2.75, 3.05) is 5.88 Å². The van der Waals surface area contributed by atoms with Crippen LogP contribution in [0.15, 0.2) is 18.2 Å². The van der Waals surface area contributed by atoms with E-state index in [9.17, 15) is 9.90 Å². The van der Waals surface area contributed by atoms with E-state index in [1.807, 2.05) is 6.07 Å². The molecule has 0 saturated carbocycles. The summed E-state index contributed by atoms with van der Waals surface area (Å²) < 4.78 is 0. The summed E-state index contributed by atoms with van der Waals surface area (Å²) in [6.07, 6.45) is 0.269. The van der Waals surface area contributed by atoms with Gasteiger partial charge in [-0.15, -0.1) is 11.6 Å². The van der Waals surface area contributed by atoms with Gasteiger partial charge in [-0.25, -0.2) is 4.79 Å². The normalized spacial score (nSPS) is 12.4. The Morgan fingerprint density at radius 3 is 2.65 bits per heavy atom. The molecule has 0 saturated heterocycles. The highest BCUT2D eigenvalue weighted by molar-refractivity contribution is 9.08. The number of carboxylic acid groups (broad SMARTS) is 1. The number of aliphatic carboxylic acids is 1. The van der Waals surface area contributed by atoms with Gasteiger partial charge in [-0.3, -0.25) is 0 Å². The second kappa shape index (κ2) is 6.99. The van der Waals surface area contributed by atoms with Crippen LogP contribution in [0.5, 0.6) is 0 Å². The molecule has 1 atom stereocenters. The molecule has 0 spiro atoms. The topological polar surface area (TPSA) is 57.5 Å². The number of aliphatic hydroxyl groups is 1. The summed E-state index contributed by atoms with van der Waals surface area (Å²) in [7, 11) is 0. The van der Waals surface area contributed by atoms with Gasteiger partial charge in [0.25, 0.3) is 0 Å². The number of benzene rings is 1. The summed E-state index contributed by atoms with van der Waals surface area (Å²) in [5.74, 6) is -0.639. The third-order valence-corrected chi connectivity index (χ3v) is 3.38. The number of halogens is 2. The van der Waals surface area contributed by atoms with E-state index in [2.05, 4.69) is 15.9 Å². The van der Waals surface area contributed by atoms with Crippen LogP contribution in [0.3, 0.4) is 0 Å². The van der Waals surface area contributed by atoms with Crippen molar-refractivity contribution in [3.63, 3.8) is 0 Å². The van der Waals surface area contributed by atoms with Crippen molar-refractivity contribution >= 4 is 33.5 Å². The van der Waals surface area contributed by atoms with E-state index in [1.54, 1.807) is 12.1 Å². The number of aliphatic hydroxyl groups excluding tert-OH is 1. The van der Waals surface area contributed by atoms with E-state index in [4.69, 9.17) is 16.7 Å². The fraction of sp³-hybridized carbons (Fsp3) is 0.417. The lowest BCUT2D eigenvalue weighted by molar-refractivity contribution is -0.146. The van der Waals surface area contributed by atoms with Gasteiger partial charge in [-0.05, 0) is 29.5 Å². The first-order valence-corrected chi connectivity index (χ1v) is 6.90. The van der Waals surface area contributed by atoms with Crippen molar-refractivity contribution in [2.45, 2.75) is 24.3 Å². The van der Waals surface area contributed by atoms with E-state index < -0.39 is 12.1 Å². The predicted molar refractivity (Wildman–Crippen MR) is 70.7 cm³/mol. The Balaban J connectivity index is 2.95. The first-order valence-electron chi connectivity index (χ1n) is 5.24. The lowest BCUT2D eigenvalue weighted by Crippen LogP contribution is -2.11. The van der Waals surface area contributed by atoms with Crippen molar-refractivity contribution in [2.24, 2.45) is 0 Å². The van der Waals surface area contributed by atoms with Crippen LogP contribution in [0, 0.1) is 0 Å². The summed E-state index contributed by atoms with van der Waals surface area (Å²) in [5, 5.41) is 18.8. The standard InChI is InChI=1S/C12H14BrClO3/c13-7-10-6-9(11(15)12(16)17)4-3-8(10)2-1-5-14/h3-4,6,11,15H,1-2,5,7H2,(H,16,17). The van der Waals surface area contributed by atoms with Crippen LogP contribution < -0.4 is 0 Å². The number of carbonyl (C=O) groups is 1. The Kier molecular flexibility index (Phi) is 5.95. The van der Waals surface area contributed by atoms with Crippen LogP contribution in [0.25, 0.3) is 0 Å². The molecule has 2 N–H and O–H groups in total. The second-order valence-corrected chi connectivity index (χ2v) is 4.63. The van der Waals surface area contributed by atoms with E-state index >= 15 is 0 Å². The Hall–Kier alpha value is -0.580. The summed E-state index contributed by atoms with van der Waals surface area (Å²) in [5.41, 5.74) is 2.53. The average Bonchev–Trinajstić information content (AvgIpc) is 2.35. The molecule has 0 amide bonds. The molecule has 0 radical (unpaired) electrons. The molecule has 0 heterocycles. The van der Waals surface area contributed by atoms with E-state index in [-0.39, 0.29) is 0 Å². The summed E-state index contributed by atoms with van der Waals surface area (Å²) >= 11 is 9.00. The molecule has 0 aliphatic carbocycles. The quantitative estimate of drug-likeness (QED) is 0.792. The van der Waals surface area contributed by atoms with Crippen molar-refractivity contribution < 1.29 is 15.0 Å². The largest absolute Gasteiger partial charge is 0.479 e. The molecule has 0 aliphatic rings. The Morgan fingerprint density at radius 2 is 2.12 bits per heavy atom. The predicted octanol–water partition coefficient (Wildman–Crippen LogP) is 2.87. The number of alkyl halides is 2. The molecule has 5 heteroatoms. The average molecular weight is 322 g/mol. The lowest BCUT2D eigenvalue weighted by Gasteiger charge is -2.11. The zero-order valence-corrected chi connectivity index (χ0v) is 11.5. The highest BCUT2D eigenvalue weighted by Crippen LogP contribution is 2.21.